The number of amides is 1. The van der Waals surface area contributed by atoms with Crippen LogP contribution in [0.5, 0.6) is 0 Å². The second-order valence-electron chi connectivity index (χ2n) is 15.0. The molecule has 4 aliphatic carbocycles. The Kier molecular flexibility index (Phi) is 7.02. The third-order valence-electron chi connectivity index (χ3n) is 12.1. The fourth-order valence-electron chi connectivity index (χ4n) is 9.85. The van der Waals surface area contributed by atoms with Crippen molar-refractivity contribution in [2.24, 2.45) is 45.1 Å². The Bertz CT molecular complexity index is 1060. The Labute approximate surface area is 234 Å². The van der Waals surface area contributed by atoms with Crippen LogP contribution in [0.15, 0.2) is 16.8 Å². The number of hydrogen-bond donors (Lipinski definition) is 1. The van der Waals surface area contributed by atoms with Gasteiger partial charge in [0, 0.05) is 31.5 Å². The molecule has 1 N–H and O–H groups in total. The zero-order chi connectivity index (χ0) is 27.6. The molecule has 0 radical (unpaired) electrons. The lowest BCUT2D eigenvalue weighted by atomic mass is 9.46. The number of rotatable bonds is 5. The van der Waals surface area contributed by atoms with Gasteiger partial charge < -0.3 is 10.1 Å². The fourth-order valence-corrected chi connectivity index (χ4v) is 9.85. The minimum atomic E-state index is -0.344. The number of oxime groups is 1. The molecular weight excluding hydrogens is 490 g/mol. The highest BCUT2D eigenvalue weighted by atomic mass is 16.7. The lowest BCUT2D eigenvalue weighted by Crippen LogP contribution is -2.55. The molecule has 6 rings (SSSR count). The van der Waals surface area contributed by atoms with E-state index in [0.29, 0.717) is 49.7 Å². The summed E-state index contributed by atoms with van der Waals surface area (Å²) < 4.78 is 5.41. The first-order valence-electron chi connectivity index (χ1n) is 15.6. The van der Waals surface area contributed by atoms with Gasteiger partial charge in [-0.15, -0.1) is 0 Å². The summed E-state index contributed by atoms with van der Waals surface area (Å²) in [6.45, 7) is 14.3. The number of allylic oxidation sites excluding steroid dienone is 1. The number of fused-ring (bicyclic) bond motifs is 5. The van der Waals surface area contributed by atoms with Crippen molar-refractivity contribution in [3.05, 3.63) is 11.6 Å². The standard InChI is InChI=1S/C32H49N3O4/c1-20(34-39-29(37)35(23-17-38-18-23)16-22-15-30(2,3)19-33-22)26-8-9-27-25-7-6-21-14-24(36)10-12-31(21,4)28(25)11-13-32(26,27)5/h14,22-23,25-28,33H,6-13,15-19H2,1-5H3/b34-20+/t22?,25-,26+,27-,28-,31-,32+/m0/s1. The van der Waals surface area contributed by atoms with Crippen molar-refractivity contribution < 1.29 is 19.2 Å². The zero-order valence-electron chi connectivity index (χ0n) is 24.8. The van der Waals surface area contributed by atoms with Crippen LogP contribution in [0, 0.1) is 39.9 Å². The largest absolute Gasteiger partial charge is 0.436 e. The first kappa shape index (κ1) is 27.4. The Morgan fingerprint density at radius 2 is 1.90 bits per heavy atom. The predicted octanol–water partition coefficient (Wildman–Crippen LogP) is 5.74. The van der Waals surface area contributed by atoms with Crippen molar-refractivity contribution in [1.82, 2.24) is 10.2 Å². The number of ketones is 1. The maximum Gasteiger partial charge on any atom is 0.436 e. The van der Waals surface area contributed by atoms with Gasteiger partial charge in [0.05, 0.1) is 25.0 Å². The molecule has 0 aromatic carbocycles. The van der Waals surface area contributed by atoms with E-state index in [1.54, 1.807) is 0 Å². The average Bonchev–Trinajstić information content (AvgIpc) is 3.39. The van der Waals surface area contributed by atoms with Crippen LogP contribution >= 0.6 is 0 Å². The molecule has 1 unspecified atom stereocenters. The van der Waals surface area contributed by atoms with Crippen LogP contribution in [0.4, 0.5) is 4.79 Å². The Hall–Kier alpha value is -1.73. The third kappa shape index (κ3) is 4.79. The third-order valence-corrected chi connectivity index (χ3v) is 12.1. The van der Waals surface area contributed by atoms with E-state index in [4.69, 9.17) is 9.57 Å². The van der Waals surface area contributed by atoms with Gasteiger partial charge in [0.15, 0.2) is 5.78 Å². The van der Waals surface area contributed by atoms with Crippen LogP contribution < -0.4 is 5.32 Å². The minimum absolute atomic E-state index is 0.0730. The summed E-state index contributed by atoms with van der Waals surface area (Å²) in [6, 6.07) is 0.349. The summed E-state index contributed by atoms with van der Waals surface area (Å²) in [5.74, 6) is 2.77. The van der Waals surface area contributed by atoms with Crippen LogP contribution in [0.3, 0.4) is 0 Å². The molecule has 0 spiro atoms. The highest BCUT2D eigenvalue weighted by molar-refractivity contribution is 5.91. The topological polar surface area (TPSA) is 80.2 Å². The summed E-state index contributed by atoms with van der Waals surface area (Å²) in [5, 5.41) is 8.10. The summed E-state index contributed by atoms with van der Waals surface area (Å²) in [7, 11) is 0. The zero-order valence-corrected chi connectivity index (χ0v) is 24.8. The summed E-state index contributed by atoms with van der Waals surface area (Å²) in [6.07, 6.45) is 11.5. The molecule has 7 atom stereocenters. The molecule has 2 heterocycles. The summed E-state index contributed by atoms with van der Waals surface area (Å²) in [4.78, 5) is 32.9. The van der Waals surface area contributed by atoms with E-state index in [9.17, 15) is 9.59 Å². The molecule has 7 heteroatoms. The average molecular weight is 540 g/mol. The van der Waals surface area contributed by atoms with Crippen molar-refractivity contribution in [3.63, 3.8) is 0 Å². The Morgan fingerprint density at radius 1 is 1.10 bits per heavy atom. The first-order valence-corrected chi connectivity index (χ1v) is 15.6. The van der Waals surface area contributed by atoms with E-state index in [2.05, 4.69) is 45.1 Å². The van der Waals surface area contributed by atoms with E-state index >= 15 is 0 Å². The number of ether oxygens (including phenoxy) is 1. The molecule has 1 amide bonds. The number of carbonyl (C=O) groups is 2. The van der Waals surface area contributed by atoms with Gasteiger partial charge in [0.1, 0.15) is 0 Å². The van der Waals surface area contributed by atoms with E-state index in [1.807, 2.05) is 11.0 Å². The van der Waals surface area contributed by atoms with Crippen LogP contribution in [0.1, 0.15) is 92.4 Å². The molecule has 2 saturated heterocycles. The second-order valence-corrected chi connectivity index (χ2v) is 15.0. The number of hydrogen-bond acceptors (Lipinski definition) is 6. The van der Waals surface area contributed by atoms with Gasteiger partial charge in [-0.05, 0) is 98.4 Å². The minimum Gasteiger partial charge on any atom is -0.377 e. The van der Waals surface area contributed by atoms with Crippen LogP contribution in [-0.2, 0) is 14.4 Å². The van der Waals surface area contributed by atoms with Gasteiger partial charge in [0.25, 0.3) is 0 Å². The lowest BCUT2D eigenvalue weighted by molar-refractivity contribution is -0.117. The second kappa shape index (κ2) is 9.97. The van der Waals surface area contributed by atoms with Gasteiger partial charge in [0.2, 0.25) is 0 Å². The van der Waals surface area contributed by atoms with Gasteiger partial charge >= 0.3 is 6.09 Å². The van der Waals surface area contributed by atoms with E-state index in [1.165, 1.54) is 31.3 Å². The maximum absolute atomic E-state index is 13.3. The van der Waals surface area contributed by atoms with Gasteiger partial charge in [-0.1, -0.05) is 38.4 Å². The highest BCUT2D eigenvalue weighted by Crippen LogP contribution is 2.66. The van der Waals surface area contributed by atoms with Gasteiger partial charge in [-0.2, -0.15) is 0 Å². The number of nitrogens with one attached hydrogen (secondary N) is 1. The van der Waals surface area contributed by atoms with Gasteiger partial charge in [-0.25, -0.2) is 4.79 Å². The number of nitrogens with zero attached hydrogens (tertiary/aromatic N) is 2. The fraction of sp³-hybridized carbons (Fsp3) is 0.844. The molecule has 0 aromatic heterocycles. The summed E-state index contributed by atoms with van der Waals surface area (Å²) in [5.41, 5.74) is 3.06. The van der Waals surface area contributed by atoms with E-state index < -0.39 is 0 Å². The normalized spacial score (nSPS) is 41.7. The molecule has 0 bridgehead atoms. The molecule has 3 saturated carbocycles. The van der Waals surface area contributed by atoms with E-state index in [0.717, 1.165) is 43.9 Å². The van der Waals surface area contributed by atoms with Crippen molar-refractivity contribution in [2.45, 2.75) is 104 Å². The monoisotopic (exact) mass is 539 g/mol. The van der Waals surface area contributed by atoms with Crippen molar-refractivity contribution >= 4 is 17.6 Å². The van der Waals surface area contributed by atoms with Crippen molar-refractivity contribution in [1.29, 1.82) is 0 Å². The maximum atomic E-state index is 13.3. The van der Waals surface area contributed by atoms with Crippen LogP contribution in [-0.4, -0.2) is 60.9 Å². The number of carbonyl (C=O) groups excluding carboxylic acids is 2. The Morgan fingerprint density at radius 3 is 2.59 bits per heavy atom. The molecule has 2 aliphatic heterocycles. The van der Waals surface area contributed by atoms with Gasteiger partial charge in [-0.3, -0.25) is 14.5 Å². The first-order chi connectivity index (χ1) is 18.5. The molecular formula is C32H49N3O4. The smallest absolute Gasteiger partial charge is 0.377 e. The van der Waals surface area contributed by atoms with E-state index in [-0.39, 0.29) is 34.4 Å². The van der Waals surface area contributed by atoms with Crippen LogP contribution in [0.25, 0.3) is 0 Å². The Balaban J connectivity index is 1.13. The molecule has 39 heavy (non-hydrogen) atoms. The molecule has 7 nitrogen and oxygen atoms in total. The lowest BCUT2D eigenvalue weighted by Gasteiger charge is -2.58. The van der Waals surface area contributed by atoms with Crippen LogP contribution in [0.2, 0.25) is 0 Å². The molecule has 6 aliphatic rings. The van der Waals surface area contributed by atoms with Crippen molar-refractivity contribution in [3.8, 4) is 0 Å². The molecule has 0 aromatic rings. The van der Waals surface area contributed by atoms with Crippen molar-refractivity contribution in [2.75, 3.05) is 26.3 Å². The molecule has 5 fully saturated rings. The summed E-state index contributed by atoms with van der Waals surface area (Å²) >= 11 is 0. The predicted molar refractivity (Wildman–Crippen MR) is 151 cm³/mol. The SMILES string of the molecule is C/C(=N\OC(=O)N(CC1CC(C)(C)CN1)C1COC1)[C@H]1CC[C@H]2[C@@H]3CCC4=CC(=O)CC[C@]4(C)[C@H]3CC[C@]12C. The molecule has 216 valence electrons. The highest BCUT2D eigenvalue weighted by Gasteiger charge is 2.59. The quantitative estimate of drug-likeness (QED) is 0.274.